The lowest BCUT2D eigenvalue weighted by molar-refractivity contribution is -0.138. The Morgan fingerprint density at radius 1 is 0.955 bits per heavy atom. The summed E-state index contributed by atoms with van der Waals surface area (Å²) in [5.74, 6) is -0.237. The molecule has 2 aromatic carbocycles. The number of imide groups is 1. The molecule has 4 nitrogen and oxygen atoms in total. The van der Waals surface area contributed by atoms with Gasteiger partial charge in [0, 0.05) is 12.2 Å². The fraction of sp³-hybridized carbons (Fsp3) is 0.222. The molecule has 22 heavy (non-hydrogen) atoms. The van der Waals surface area contributed by atoms with Crippen LogP contribution in [0, 0.1) is 0 Å². The van der Waals surface area contributed by atoms with E-state index >= 15 is 0 Å². The second kappa shape index (κ2) is 6.43. The second-order valence-electron chi connectivity index (χ2n) is 5.39. The van der Waals surface area contributed by atoms with Crippen LogP contribution in [0.25, 0.3) is 0 Å². The molecule has 1 aliphatic heterocycles. The maximum atomic E-state index is 12.4. The van der Waals surface area contributed by atoms with Gasteiger partial charge in [0.25, 0.3) is 5.91 Å². The molecule has 1 fully saturated rings. The van der Waals surface area contributed by atoms with Gasteiger partial charge in [0.05, 0.1) is 6.42 Å². The molecule has 0 aliphatic carbocycles. The Bertz CT molecular complexity index is 655. The van der Waals surface area contributed by atoms with E-state index in [0.29, 0.717) is 13.0 Å². The lowest BCUT2D eigenvalue weighted by atomic mass is 10.1. The molecule has 2 amide bonds. The Morgan fingerprint density at radius 3 is 2.27 bits per heavy atom. The molecule has 0 bridgehead atoms. The molecular formula is C18H18N2O2. The van der Waals surface area contributed by atoms with Crippen molar-refractivity contribution in [2.24, 2.45) is 0 Å². The summed E-state index contributed by atoms with van der Waals surface area (Å²) in [5, 5.41) is 3.14. The largest absolute Gasteiger partial charge is 0.373 e. The lowest BCUT2D eigenvalue weighted by Gasteiger charge is -2.16. The van der Waals surface area contributed by atoms with Crippen LogP contribution in [0.4, 0.5) is 5.69 Å². The summed E-state index contributed by atoms with van der Waals surface area (Å²) in [6.07, 6.45) is 0.916. The van der Waals surface area contributed by atoms with Crippen molar-refractivity contribution >= 4 is 17.5 Å². The van der Waals surface area contributed by atoms with E-state index in [4.69, 9.17) is 0 Å². The molecule has 0 aromatic heterocycles. The number of rotatable bonds is 5. The fourth-order valence-electron chi connectivity index (χ4n) is 2.65. The summed E-state index contributed by atoms with van der Waals surface area (Å²) in [7, 11) is 0. The zero-order chi connectivity index (χ0) is 15.4. The zero-order valence-corrected chi connectivity index (χ0v) is 12.2. The molecule has 1 heterocycles. The standard InChI is InChI=1S/C18H18N2O2/c21-17-13-16(19-15-9-5-2-6-10-15)18(22)20(17)12-11-14-7-3-1-4-8-14/h1-10,16,19H,11-13H2/t16-/m1/s1. The van der Waals surface area contributed by atoms with E-state index in [9.17, 15) is 9.59 Å². The van der Waals surface area contributed by atoms with E-state index < -0.39 is 6.04 Å². The van der Waals surface area contributed by atoms with Gasteiger partial charge in [-0.2, -0.15) is 0 Å². The number of hydrogen-bond donors (Lipinski definition) is 1. The van der Waals surface area contributed by atoms with Crippen molar-refractivity contribution in [3.05, 3.63) is 66.2 Å². The van der Waals surface area contributed by atoms with Gasteiger partial charge in [0.15, 0.2) is 0 Å². The van der Waals surface area contributed by atoms with Crippen LogP contribution in [-0.2, 0) is 16.0 Å². The minimum absolute atomic E-state index is 0.102. The molecule has 1 aliphatic rings. The van der Waals surface area contributed by atoms with Crippen molar-refractivity contribution in [2.75, 3.05) is 11.9 Å². The first kappa shape index (κ1) is 14.3. The Labute approximate surface area is 129 Å². The van der Waals surface area contributed by atoms with E-state index in [1.165, 1.54) is 4.90 Å². The quantitative estimate of drug-likeness (QED) is 0.862. The number of amides is 2. The van der Waals surface area contributed by atoms with Crippen molar-refractivity contribution in [1.29, 1.82) is 0 Å². The number of nitrogens with zero attached hydrogens (tertiary/aromatic N) is 1. The fourth-order valence-corrected chi connectivity index (χ4v) is 2.65. The number of carbonyl (C=O) groups is 2. The smallest absolute Gasteiger partial charge is 0.252 e. The van der Waals surface area contributed by atoms with Gasteiger partial charge in [-0.25, -0.2) is 0 Å². The van der Waals surface area contributed by atoms with E-state index in [1.54, 1.807) is 0 Å². The Hall–Kier alpha value is -2.62. The van der Waals surface area contributed by atoms with Gasteiger partial charge in [-0.3, -0.25) is 14.5 Å². The highest BCUT2D eigenvalue weighted by atomic mass is 16.2. The molecule has 1 saturated heterocycles. The minimum Gasteiger partial charge on any atom is -0.373 e. The van der Waals surface area contributed by atoms with Crippen LogP contribution in [0.1, 0.15) is 12.0 Å². The van der Waals surface area contributed by atoms with Gasteiger partial charge >= 0.3 is 0 Å². The molecule has 1 atom stereocenters. The molecule has 3 rings (SSSR count). The van der Waals surface area contributed by atoms with Gasteiger partial charge in [-0.05, 0) is 24.1 Å². The Morgan fingerprint density at radius 2 is 1.59 bits per heavy atom. The SMILES string of the molecule is O=C1C[C@@H](Nc2ccccc2)C(=O)N1CCc1ccccc1. The van der Waals surface area contributed by atoms with Crippen LogP contribution >= 0.6 is 0 Å². The number of hydrogen-bond acceptors (Lipinski definition) is 3. The molecule has 0 saturated carbocycles. The first-order chi connectivity index (χ1) is 10.7. The Kier molecular flexibility index (Phi) is 4.19. The topological polar surface area (TPSA) is 49.4 Å². The molecule has 0 unspecified atom stereocenters. The second-order valence-corrected chi connectivity index (χ2v) is 5.39. The molecule has 1 N–H and O–H groups in total. The van der Waals surface area contributed by atoms with Crippen molar-refractivity contribution in [3.8, 4) is 0 Å². The Balaban J connectivity index is 1.62. The summed E-state index contributed by atoms with van der Waals surface area (Å²) in [4.78, 5) is 25.8. The lowest BCUT2D eigenvalue weighted by Crippen LogP contribution is -2.36. The van der Waals surface area contributed by atoms with E-state index in [1.807, 2.05) is 60.7 Å². The first-order valence-electron chi connectivity index (χ1n) is 7.44. The van der Waals surface area contributed by atoms with Gasteiger partial charge in [0.1, 0.15) is 6.04 Å². The van der Waals surface area contributed by atoms with E-state index in [2.05, 4.69) is 5.32 Å². The number of likely N-dealkylation sites (tertiary alicyclic amines) is 1. The molecule has 0 spiro atoms. The predicted octanol–water partition coefficient (Wildman–Crippen LogP) is 2.47. The zero-order valence-electron chi connectivity index (χ0n) is 12.2. The average molecular weight is 294 g/mol. The minimum atomic E-state index is -0.453. The maximum absolute atomic E-state index is 12.4. The van der Waals surface area contributed by atoms with E-state index in [0.717, 1.165) is 11.3 Å². The van der Waals surface area contributed by atoms with Crippen molar-refractivity contribution in [1.82, 2.24) is 4.90 Å². The summed E-state index contributed by atoms with van der Waals surface area (Å²) >= 11 is 0. The van der Waals surface area contributed by atoms with Crippen molar-refractivity contribution in [3.63, 3.8) is 0 Å². The molecule has 2 aromatic rings. The van der Waals surface area contributed by atoms with Gasteiger partial charge < -0.3 is 5.32 Å². The molecule has 4 heteroatoms. The normalized spacial score (nSPS) is 17.8. The van der Waals surface area contributed by atoms with Gasteiger partial charge in [-0.1, -0.05) is 48.5 Å². The van der Waals surface area contributed by atoms with Crippen LogP contribution in [-0.4, -0.2) is 29.3 Å². The van der Waals surface area contributed by atoms with Crippen LogP contribution in [0.15, 0.2) is 60.7 Å². The maximum Gasteiger partial charge on any atom is 0.252 e. The van der Waals surface area contributed by atoms with Crippen molar-refractivity contribution < 1.29 is 9.59 Å². The summed E-state index contributed by atoms with van der Waals surface area (Å²) in [6, 6.07) is 18.9. The number of nitrogens with one attached hydrogen (secondary N) is 1. The number of carbonyl (C=O) groups excluding carboxylic acids is 2. The highest BCUT2D eigenvalue weighted by Gasteiger charge is 2.38. The van der Waals surface area contributed by atoms with Crippen LogP contribution < -0.4 is 5.32 Å². The average Bonchev–Trinajstić information content (AvgIpc) is 2.81. The van der Waals surface area contributed by atoms with E-state index in [-0.39, 0.29) is 18.2 Å². The summed E-state index contributed by atoms with van der Waals surface area (Å²) in [5.41, 5.74) is 1.99. The summed E-state index contributed by atoms with van der Waals surface area (Å²) in [6.45, 7) is 0.439. The molecule has 112 valence electrons. The summed E-state index contributed by atoms with van der Waals surface area (Å²) < 4.78 is 0. The third-order valence-corrected chi connectivity index (χ3v) is 3.83. The highest BCUT2D eigenvalue weighted by molar-refractivity contribution is 6.06. The van der Waals surface area contributed by atoms with Crippen LogP contribution in [0.5, 0.6) is 0 Å². The van der Waals surface area contributed by atoms with Gasteiger partial charge in [0.2, 0.25) is 5.91 Å². The van der Waals surface area contributed by atoms with Crippen LogP contribution in [0.2, 0.25) is 0 Å². The van der Waals surface area contributed by atoms with Gasteiger partial charge in [-0.15, -0.1) is 0 Å². The number of anilines is 1. The third kappa shape index (κ3) is 3.17. The molecule has 0 radical (unpaired) electrons. The first-order valence-corrected chi connectivity index (χ1v) is 7.44. The molecular weight excluding hydrogens is 276 g/mol. The number of para-hydroxylation sites is 1. The number of benzene rings is 2. The third-order valence-electron chi connectivity index (χ3n) is 3.83. The monoisotopic (exact) mass is 294 g/mol. The van der Waals surface area contributed by atoms with Crippen LogP contribution in [0.3, 0.4) is 0 Å². The van der Waals surface area contributed by atoms with Crippen molar-refractivity contribution in [2.45, 2.75) is 18.9 Å². The predicted molar refractivity (Wildman–Crippen MR) is 85.3 cm³/mol. The highest BCUT2D eigenvalue weighted by Crippen LogP contribution is 2.18.